The van der Waals surface area contributed by atoms with Gasteiger partial charge in [-0.3, -0.25) is 9.97 Å². The third-order valence-electron chi connectivity index (χ3n) is 5.12. The Balaban J connectivity index is 1.77. The van der Waals surface area contributed by atoms with Crippen LogP contribution in [0.1, 0.15) is 55.1 Å². The molecule has 0 aliphatic carbocycles. The molecule has 0 aliphatic rings. The first-order valence-electron chi connectivity index (χ1n) is 10.3. The summed E-state index contributed by atoms with van der Waals surface area (Å²) in [4.78, 5) is 20.7. The van der Waals surface area contributed by atoms with Gasteiger partial charge in [-0.15, -0.1) is 11.3 Å². The zero-order valence-corrected chi connectivity index (χ0v) is 19.8. The van der Waals surface area contributed by atoms with Crippen molar-refractivity contribution in [3.05, 3.63) is 57.3 Å². The summed E-state index contributed by atoms with van der Waals surface area (Å²) in [5.41, 5.74) is 7.41. The Morgan fingerprint density at radius 3 is 2.47 bits per heavy atom. The maximum atomic E-state index is 4.81. The van der Waals surface area contributed by atoms with Crippen molar-refractivity contribution in [3.63, 3.8) is 0 Å². The van der Waals surface area contributed by atoms with Gasteiger partial charge in [-0.1, -0.05) is 26.8 Å². The SMILES string of the molecule is CCN(C)C=Nc1cc(C)c(Cc2nc(-c3cnc(C(C)(C)C)cn3)cs2)cc1C. The molecule has 0 bridgehead atoms. The predicted octanol–water partition coefficient (Wildman–Crippen LogP) is 5.72. The van der Waals surface area contributed by atoms with Gasteiger partial charge in [-0.25, -0.2) is 9.98 Å². The zero-order chi connectivity index (χ0) is 21.9. The van der Waals surface area contributed by atoms with Gasteiger partial charge in [0, 0.05) is 37.0 Å². The van der Waals surface area contributed by atoms with Gasteiger partial charge in [-0.2, -0.15) is 0 Å². The summed E-state index contributed by atoms with van der Waals surface area (Å²) in [5.74, 6) is 0. The molecule has 0 aliphatic heterocycles. The maximum Gasteiger partial charge on any atom is 0.108 e. The molecule has 0 saturated heterocycles. The average Bonchev–Trinajstić information content (AvgIpc) is 3.17. The number of aromatic nitrogens is 3. The zero-order valence-electron chi connectivity index (χ0n) is 19.0. The first-order chi connectivity index (χ1) is 14.2. The Kier molecular flexibility index (Phi) is 6.66. The third-order valence-corrected chi connectivity index (χ3v) is 5.97. The fourth-order valence-electron chi connectivity index (χ4n) is 2.95. The highest BCUT2D eigenvalue weighted by molar-refractivity contribution is 7.10. The van der Waals surface area contributed by atoms with Gasteiger partial charge in [0.15, 0.2) is 0 Å². The van der Waals surface area contributed by atoms with E-state index in [9.17, 15) is 0 Å². The van der Waals surface area contributed by atoms with E-state index in [4.69, 9.17) is 4.98 Å². The molecule has 2 aromatic heterocycles. The molecule has 0 atom stereocenters. The summed E-state index contributed by atoms with van der Waals surface area (Å²) in [6, 6.07) is 4.39. The lowest BCUT2D eigenvalue weighted by Crippen LogP contribution is -2.14. The van der Waals surface area contributed by atoms with Gasteiger partial charge in [0.05, 0.1) is 28.9 Å². The first-order valence-corrected chi connectivity index (χ1v) is 11.2. The minimum atomic E-state index is -0.00366. The summed E-state index contributed by atoms with van der Waals surface area (Å²) in [6.45, 7) is 13.7. The van der Waals surface area contributed by atoms with Crippen LogP contribution in [0.3, 0.4) is 0 Å². The van der Waals surface area contributed by atoms with Crippen LogP contribution in [0.15, 0.2) is 34.9 Å². The molecule has 0 N–H and O–H groups in total. The van der Waals surface area contributed by atoms with E-state index < -0.39 is 0 Å². The van der Waals surface area contributed by atoms with E-state index in [-0.39, 0.29) is 5.41 Å². The summed E-state index contributed by atoms with van der Waals surface area (Å²) < 4.78 is 0. The Labute approximate surface area is 184 Å². The number of hydrogen-bond acceptors (Lipinski definition) is 5. The van der Waals surface area contributed by atoms with Crippen molar-refractivity contribution in [2.45, 2.75) is 53.4 Å². The molecule has 1 aromatic carbocycles. The number of aryl methyl sites for hydroxylation is 2. The molecule has 0 amide bonds. The summed E-state index contributed by atoms with van der Waals surface area (Å²) in [5, 5.41) is 3.15. The lowest BCUT2D eigenvalue weighted by atomic mass is 9.93. The van der Waals surface area contributed by atoms with Crippen LogP contribution in [0.25, 0.3) is 11.4 Å². The Hall–Kier alpha value is -2.60. The standard InChI is InChI=1S/C24H31N5S/c1-8-29(7)15-27-19-10-16(2)18(9-17(19)3)11-23-28-21(14-30-23)20-12-26-22(13-25-20)24(4,5)6/h9-10,12-15H,8,11H2,1-7H3. The van der Waals surface area contributed by atoms with Crippen molar-refractivity contribution < 1.29 is 0 Å². The molecular weight excluding hydrogens is 390 g/mol. The molecular formula is C24H31N5S. The molecule has 158 valence electrons. The lowest BCUT2D eigenvalue weighted by molar-refractivity contribution is 0.552. The smallest absolute Gasteiger partial charge is 0.108 e. The highest BCUT2D eigenvalue weighted by Gasteiger charge is 2.16. The third kappa shape index (κ3) is 5.30. The average molecular weight is 422 g/mol. The minimum absolute atomic E-state index is 0.00366. The monoisotopic (exact) mass is 421 g/mol. The van der Waals surface area contributed by atoms with Crippen molar-refractivity contribution >= 4 is 23.4 Å². The van der Waals surface area contributed by atoms with Crippen molar-refractivity contribution in [1.29, 1.82) is 0 Å². The van der Waals surface area contributed by atoms with Crippen LogP contribution in [0, 0.1) is 13.8 Å². The molecule has 0 saturated carbocycles. The molecule has 0 fully saturated rings. The van der Waals surface area contributed by atoms with Crippen molar-refractivity contribution in [2.24, 2.45) is 4.99 Å². The maximum absolute atomic E-state index is 4.81. The second-order valence-corrected chi connectivity index (χ2v) is 9.67. The molecule has 6 heteroatoms. The molecule has 5 nitrogen and oxygen atoms in total. The fraction of sp³-hybridized carbons (Fsp3) is 0.417. The van der Waals surface area contributed by atoms with Crippen LogP contribution in [0.5, 0.6) is 0 Å². The normalized spacial score (nSPS) is 12.0. The van der Waals surface area contributed by atoms with E-state index in [0.717, 1.165) is 40.7 Å². The molecule has 0 unspecified atom stereocenters. The van der Waals surface area contributed by atoms with Crippen molar-refractivity contribution in [2.75, 3.05) is 13.6 Å². The van der Waals surface area contributed by atoms with Gasteiger partial charge < -0.3 is 4.90 Å². The van der Waals surface area contributed by atoms with Gasteiger partial charge in [-0.05, 0) is 43.5 Å². The van der Waals surface area contributed by atoms with Crippen molar-refractivity contribution in [3.8, 4) is 11.4 Å². The minimum Gasteiger partial charge on any atom is -0.366 e. The number of aliphatic imine (C=N–C) groups is 1. The Morgan fingerprint density at radius 2 is 1.83 bits per heavy atom. The molecule has 0 spiro atoms. The van der Waals surface area contributed by atoms with Crippen LogP contribution in [-0.2, 0) is 11.8 Å². The second-order valence-electron chi connectivity index (χ2n) is 8.72. The number of thiazole rings is 1. The quantitative estimate of drug-likeness (QED) is 0.377. The number of benzene rings is 1. The topological polar surface area (TPSA) is 54.3 Å². The molecule has 30 heavy (non-hydrogen) atoms. The van der Waals surface area contributed by atoms with Gasteiger partial charge in [0.1, 0.15) is 11.4 Å². The van der Waals surface area contributed by atoms with Crippen molar-refractivity contribution in [1.82, 2.24) is 19.9 Å². The van der Waals surface area contributed by atoms with E-state index in [1.54, 1.807) is 11.3 Å². The largest absolute Gasteiger partial charge is 0.366 e. The van der Waals surface area contributed by atoms with E-state index in [2.05, 4.69) is 78.9 Å². The summed E-state index contributed by atoms with van der Waals surface area (Å²) >= 11 is 1.67. The Bertz CT molecular complexity index is 1030. The molecule has 3 rings (SSSR count). The van der Waals surface area contributed by atoms with Crippen LogP contribution < -0.4 is 0 Å². The fourth-order valence-corrected chi connectivity index (χ4v) is 3.76. The van der Waals surface area contributed by atoms with Crippen LogP contribution >= 0.6 is 11.3 Å². The van der Waals surface area contributed by atoms with E-state index >= 15 is 0 Å². The highest BCUT2D eigenvalue weighted by Crippen LogP contribution is 2.28. The first kappa shape index (κ1) is 22.1. The van der Waals surface area contributed by atoms with Gasteiger partial charge in [0.2, 0.25) is 0 Å². The highest BCUT2D eigenvalue weighted by atomic mass is 32.1. The van der Waals surface area contributed by atoms with E-state index in [0.29, 0.717) is 0 Å². The van der Waals surface area contributed by atoms with E-state index in [1.165, 1.54) is 16.7 Å². The number of nitrogens with zero attached hydrogens (tertiary/aromatic N) is 5. The van der Waals surface area contributed by atoms with E-state index in [1.807, 2.05) is 25.8 Å². The predicted molar refractivity (Wildman–Crippen MR) is 127 cm³/mol. The van der Waals surface area contributed by atoms with Gasteiger partial charge in [0.25, 0.3) is 0 Å². The number of hydrogen-bond donors (Lipinski definition) is 0. The Morgan fingerprint density at radius 1 is 1.07 bits per heavy atom. The lowest BCUT2D eigenvalue weighted by Gasteiger charge is -2.16. The molecule has 0 radical (unpaired) electrons. The molecule has 2 heterocycles. The summed E-state index contributed by atoms with van der Waals surface area (Å²) in [6.07, 6.45) is 6.39. The second kappa shape index (κ2) is 9.04. The molecule has 3 aromatic rings. The van der Waals surface area contributed by atoms with Gasteiger partial charge >= 0.3 is 0 Å². The van der Waals surface area contributed by atoms with Crippen LogP contribution in [-0.4, -0.2) is 39.8 Å². The number of rotatable bonds is 6. The van der Waals surface area contributed by atoms with Crippen LogP contribution in [0.2, 0.25) is 0 Å². The van der Waals surface area contributed by atoms with Crippen LogP contribution in [0.4, 0.5) is 5.69 Å². The summed E-state index contributed by atoms with van der Waals surface area (Å²) in [7, 11) is 2.03.